The Balaban J connectivity index is 1.15. The lowest BCUT2D eigenvalue weighted by molar-refractivity contribution is 0.0949. The quantitative estimate of drug-likeness (QED) is 0.371. The Hall–Kier alpha value is -3.93. The first-order valence-electron chi connectivity index (χ1n) is 12.4. The molecule has 6 nitrogen and oxygen atoms in total. The molecule has 0 bridgehead atoms. The Kier molecular flexibility index (Phi) is 5.57. The summed E-state index contributed by atoms with van der Waals surface area (Å²) in [4.78, 5) is 35.6. The lowest BCUT2D eigenvalue weighted by Gasteiger charge is -2.17. The fourth-order valence-corrected chi connectivity index (χ4v) is 4.70. The Labute approximate surface area is 204 Å². The van der Waals surface area contributed by atoms with E-state index in [1.807, 2.05) is 54.6 Å². The molecule has 1 saturated heterocycles. The second-order valence-corrected chi connectivity index (χ2v) is 9.60. The highest BCUT2D eigenvalue weighted by atomic mass is 16.1. The number of ketones is 1. The molecule has 1 amide bonds. The second-order valence-electron chi connectivity index (χ2n) is 9.60. The minimum atomic E-state index is -0.0244. The van der Waals surface area contributed by atoms with Crippen molar-refractivity contribution >= 4 is 28.4 Å². The van der Waals surface area contributed by atoms with Gasteiger partial charge in [0.15, 0.2) is 5.78 Å². The molecule has 3 aromatic carbocycles. The largest absolute Gasteiger partial charge is 0.372 e. The van der Waals surface area contributed by atoms with Gasteiger partial charge in [-0.2, -0.15) is 0 Å². The highest BCUT2D eigenvalue weighted by Crippen LogP contribution is 2.24. The summed E-state index contributed by atoms with van der Waals surface area (Å²) in [6, 6.07) is 21.8. The normalized spacial score (nSPS) is 15.5. The van der Waals surface area contributed by atoms with E-state index in [2.05, 4.69) is 27.3 Å². The number of amides is 1. The third-order valence-corrected chi connectivity index (χ3v) is 6.90. The Morgan fingerprint density at radius 3 is 2.34 bits per heavy atom. The predicted octanol–water partition coefficient (Wildman–Crippen LogP) is 5.15. The van der Waals surface area contributed by atoms with Crippen molar-refractivity contribution < 1.29 is 9.59 Å². The molecule has 1 aromatic heterocycles. The number of benzene rings is 3. The second kappa shape index (κ2) is 9.02. The standard InChI is InChI=1S/C29H28N4O2/c34-27(20-8-12-24(13-9-20)33-15-1-2-16-33)18-19-3-14-25-26(17-19)32-28(31-25)21-4-6-22(7-5-21)29(35)30-23-10-11-23/h3-9,12-14,17,23H,1-2,10-11,15-16,18H2,(H,30,35)(H,31,32). The van der Waals surface area contributed by atoms with Crippen molar-refractivity contribution in [1.29, 1.82) is 0 Å². The Morgan fingerprint density at radius 1 is 0.914 bits per heavy atom. The average Bonchev–Trinajstić information content (AvgIpc) is 3.35. The van der Waals surface area contributed by atoms with Crippen LogP contribution in [0.25, 0.3) is 22.4 Å². The molecule has 1 saturated carbocycles. The first-order valence-corrected chi connectivity index (χ1v) is 12.4. The molecule has 4 aromatic rings. The first kappa shape index (κ1) is 21.6. The fourth-order valence-electron chi connectivity index (χ4n) is 4.70. The van der Waals surface area contributed by atoms with Crippen molar-refractivity contribution in [3.05, 3.63) is 83.4 Å². The number of carbonyl (C=O) groups is 2. The van der Waals surface area contributed by atoms with Crippen LogP contribution in [0.15, 0.2) is 66.7 Å². The molecule has 2 fully saturated rings. The van der Waals surface area contributed by atoms with E-state index in [0.29, 0.717) is 18.0 Å². The van der Waals surface area contributed by atoms with Gasteiger partial charge in [0.05, 0.1) is 11.0 Å². The molecule has 1 aliphatic carbocycles. The zero-order valence-corrected chi connectivity index (χ0v) is 19.6. The van der Waals surface area contributed by atoms with Gasteiger partial charge in [0, 0.05) is 47.9 Å². The Bertz CT molecular complexity index is 1380. The lowest BCUT2D eigenvalue weighted by atomic mass is 10.0. The van der Waals surface area contributed by atoms with Crippen molar-refractivity contribution in [1.82, 2.24) is 15.3 Å². The highest BCUT2D eigenvalue weighted by molar-refractivity contribution is 5.98. The third-order valence-electron chi connectivity index (χ3n) is 6.90. The predicted molar refractivity (Wildman–Crippen MR) is 138 cm³/mol. The van der Waals surface area contributed by atoms with Gasteiger partial charge in [-0.05, 0) is 79.8 Å². The van der Waals surface area contributed by atoms with Crippen LogP contribution in [0.5, 0.6) is 0 Å². The summed E-state index contributed by atoms with van der Waals surface area (Å²) in [5.41, 5.74) is 6.21. The molecule has 0 unspecified atom stereocenters. The summed E-state index contributed by atoms with van der Waals surface area (Å²) >= 11 is 0. The van der Waals surface area contributed by atoms with Crippen molar-refractivity contribution in [2.24, 2.45) is 0 Å². The number of aromatic nitrogens is 2. The van der Waals surface area contributed by atoms with Gasteiger partial charge < -0.3 is 15.2 Å². The van der Waals surface area contributed by atoms with Gasteiger partial charge in [-0.1, -0.05) is 18.2 Å². The number of nitrogens with one attached hydrogen (secondary N) is 2. The van der Waals surface area contributed by atoms with Crippen LogP contribution in [0.3, 0.4) is 0 Å². The van der Waals surface area contributed by atoms with E-state index in [9.17, 15) is 9.59 Å². The molecule has 2 aliphatic rings. The molecular formula is C29H28N4O2. The molecule has 0 atom stereocenters. The number of H-pyrrole nitrogens is 1. The van der Waals surface area contributed by atoms with E-state index in [4.69, 9.17) is 4.98 Å². The number of rotatable bonds is 7. The van der Waals surface area contributed by atoms with Crippen LogP contribution in [0, 0.1) is 0 Å². The van der Waals surface area contributed by atoms with Gasteiger partial charge in [0.25, 0.3) is 5.91 Å². The van der Waals surface area contributed by atoms with Gasteiger partial charge in [-0.25, -0.2) is 4.98 Å². The van der Waals surface area contributed by atoms with E-state index >= 15 is 0 Å². The van der Waals surface area contributed by atoms with Crippen molar-refractivity contribution in [3.63, 3.8) is 0 Å². The van der Waals surface area contributed by atoms with E-state index in [0.717, 1.165) is 59.5 Å². The van der Waals surface area contributed by atoms with Crippen LogP contribution in [0.2, 0.25) is 0 Å². The van der Waals surface area contributed by atoms with Crippen molar-refractivity contribution in [3.8, 4) is 11.4 Å². The smallest absolute Gasteiger partial charge is 0.251 e. The van der Waals surface area contributed by atoms with Gasteiger partial charge in [-0.3, -0.25) is 9.59 Å². The highest BCUT2D eigenvalue weighted by Gasteiger charge is 2.23. The van der Waals surface area contributed by atoms with E-state index < -0.39 is 0 Å². The number of fused-ring (bicyclic) bond motifs is 1. The first-order chi connectivity index (χ1) is 17.1. The maximum atomic E-state index is 12.9. The number of hydrogen-bond donors (Lipinski definition) is 2. The molecule has 0 spiro atoms. The maximum absolute atomic E-state index is 12.9. The van der Waals surface area contributed by atoms with Gasteiger partial charge in [-0.15, -0.1) is 0 Å². The summed E-state index contributed by atoms with van der Waals surface area (Å²) in [6.45, 7) is 2.19. The minimum Gasteiger partial charge on any atom is -0.372 e. The summed E-state index contributed by atoms with van der Waals surface area (Å²) in [7, 11) is 0. The number of aromatic amines is 1. The maximum Gasteiger partial charge on any atom is 0.251 e. The number of nitrogens with zero attached hydrogens (tertiary/aromatic N) is 2. The monoisotopic (exact) mass is 464 g/mol. The molecule has 1 aliphatic heterocycles. The van der Waals surface area contributed by atoms with Crippen LogP contribution in [-0.4, -0.2) is 40.8 Å². The zero-order chi connectivity index (χ0) is 23.8. The van der Waals surface area contributed by atoms with Crippen LogP contribution in [0.1, 0.15) is 52.0 Å². The fraction of sp³-hybridized carbons (Fsp3) is 0.276. The Morgan fingerprint density at radius 2 is 1.63 bits per heavy atom. The van der Waals surface area contributed by atoms with Crippen LogP contribution >= 0.6 is 0 Å². The number of carbonyl (C=O) groups excluding carboxylic acids is 2. The van der Waals surface area contributed by atoms with Crippen LogP contribution < -0.4 is 10.2 Å². The lowest BCUT2D eigenvalue weighted by Crippen LogP contribution is -2.25. The van der Waals surface area contributed by atoms with Crippen LogP contribution in [-0.2, 0) is 6.42 Å². The molecule has 0 radical (unpaired) electrons. The van der Waals surface area contributed by atoms with E-state index in [-0.39, 0.29) is 11.7 Å². The molecule has 2 N–H and O–H groups in total. The van der Waals surface area contributed by atoms with E-state index in [1.165, 1.54) is 18.5 Å². The van der Waals surface area contributed by atoms with Gasteiger partial charge >= 0.3 is 0 Å². The third kappa shape index (κ3) is 4.69. The summed E-state index contributed by atoms with van der Waals surface area (Å²) < 4.78 is 0. The van der Waals surface area contributed by atoms with Gasteiger partial charge in [0.1, 0.15) is 5.82 Å². The van der Waals surface area contributed by atoms with Crippen LogP contribution in [0.4, 0.5) is 5.69 Å². The topological polar surface area (TPSA) is 78.1 Å². The zero-order valence-electron chi connectivity index (χ0n) is 19.6. The minimum absolute atomic E-state index is 0.0244. The number of Topliss-reactive ketones (excluding diaryl/α,β-unsaturated/α-hetero) is 1. The summed E-state index contributed by atoms with van der Waals surface area (Å²) in [6.07, 6.45) is 4.96. The van der Waals surface area contributed by atoms with E-state index in [1.54, 1.807) is 0 Å². The van der Waals surface area contributed by atoms with Crippen molar-refractivity contribution in [2.75, 3.05) is 18.0 Å². The number of imidazole rings is 1. The summed E-state index contributed by atoms with van der Waals surface area (Å²) in [5, 5.41) is 3.01. The molecule has 6 heteroatoms. The molecule has 6 rings (SSSR count). The number of hydrogen-bond acceptors (Lipinski definition) is 4. The SMILES string of the molecule is O=C(Cc1ccc2nc(-c3ccc(C(=O)NC4CC4)cc3)[nH]c2c1)c1ccc(N2CCCC2)cc1. The molecular weight excluding hydrogens is 436 g/mol. The molecule has 176 valence electrons. The molecule has 2 heterocycles. The van der Waals surface area contributed by atoms with Gasteiger partial charge in [0.2, 0.25) is 0 Å². The van der Waals surface area contributed by atoms with Crippen molar-refractivity contribution in [2.45, 2.75) is 38.1 Å². The summed E-state index contributed by atoms with van der Waals surface area (Å²) in [5.74, 6) is 0.830. The average molecular weight is 465 g/mol. The number of anilines is 1. The molecule has 35 heavy (non-hydrogen) atoms.